The largest absolute Gasteiger partial charge is 0.321 e. The van der Waals surface area contributed by atoms with Crippen molar-refractivity contribution in [2.45, 2.75) is 4.90 Å². The molecule has 0 aliphatic carbocycles. The minimum Gasteiger partial charge on any atom is -0.321 e. The summed E-state index contributed by atoms with van der Waals surface area (Å²) in [6.07, 6.45) is 1.98. The number of rotatable bonds is 4. The fraction of sp³-hybridized carbons (Fsp3) is 0.0500. The summed E-state index contributed by atoms with van der Waals surface area (Å²) < 4.78 is 0. The quantitative estimate of drug-likeness (QED) is 0.659. The van der Waals surface area contributed by atoms with E-state index in [-0.39, 0.29) is 5.91 Å². The molecule has 0 spiro atoms. The van der Waals surface area contributed by atoms with Crippen molar-refractivity contribution >= 4 is 23.4 Å². The van der Waals surface area contributed by atoms with E-state index in [1.165, 1.54) is 0 Å². The van der Waals surface area contributed by atoms with Gasteiger partial charge in [-0.3, -0.25) is 4.79 Å². The molecule has 3 heteroatoms. The fourth-order valence-electron chi connectivity index (χ4n) is 2.48. The van der Waals surface area contributed by atoms with E-state index in [4.69, 9.17) is 0 Å². The molecule has 1 N–H and O–H groups in total. The van der Waals surface area contributed by atoms with Gasteiger partial charge in [0.1, 0.15) is 0 Å². The highest BCUT2D eigenvalue weighted by Crippen LogP contribution is 2.28. The van der Waals surface area contributed by atoms with Crippen LogP contribution in [0.1, 0.15) is 10.4 Å². The molecule has 0 aromatic heterocycles. The average Bonchev–Trinajstić information content (AvgIpc) is 2.63. The van der Waals surface area contributed by atoms with Crippen LogP contribution in [0.3, 0.4) is 0 Å². The highest BCUT2D eigenvalue weighted by Gasteiger charge is 2.12. The molecule has 3 aromatic rings. The van der Waals surface area contributed by atoms with Gasteiger partial charge >= 0.3 is 0 Å². The third-order valence-electron chi connectivity index (χ3n) is 3.61. The first-order valence-corrected chi connectivity index (χ1v) is 8.61. The van der Waals surface area contributed by atoms with Crippen LogP contribution in [0.25, 0.3) is 11.1 Å². The van der Waals surface area contributed by atoms with Crippen LogP contribution in [0.2, 0.25) is 0 Å². The van der Waals surface area contributed by atoms with Crippen molar-refractivity contribution in [3.63, 3.8) is 0 Å². The van der Waals surface area contributed by atoms with Gasteiger partial charge in [0.25, 0.3) is 5.91 Å². The van der Waals surface area contributed by atoms with Crippen molar-refractivity contribution in [3.05, 3.63) is 84.4 Å². The van der Waals surface area contributed by atoms with Gasteiger partial charge in [-0.25, -0.2) is 0 Å². The highest BCUT2D eigenvalue weighted by molar-refractivity contribution is 7.98. The van der Waals surface area contributed by atoms with Crippen molar-refractivity contribution in [2.75, 3.05) is 11.6 Å². The van der Waals surface area contributed by atoms with Gasteiger partial charge in [-0.2, -0.15) is 0 Å². The summed E-state index contributed by atoms with van der Waals surface area (Å²) in [5.74, 6) is -0.0849. The average molecular weight is 319 g/mol. The monoisotopic (exact) mass is 319 g/mol. The number of anilines is 1. The zero-order valence-corrected chi connectivity index (χ0v) is 13.6. The van der Waals surface area contributed by atoms with Gasteiger partial charge in [-0.15, -0.1) is 11.8 Å². The first-order valence-electron chi connectivity index (χ1n) is 7.38. The molecule has 0 bridgehead atoms. The maximum Gasteiger partial charge on any atom is 0.256 e. The van der Waals surface area contributed by atoms with Crippen molar-refractivity contribution in [3.8, 4) is 11.1 Å². The predicted molar refractivity (Wildman–Crippen MR) is 98.1 cm³/mol. The van der Waals surface area contributed by atoms with Crippen molar-refractivity contribution in [1.29, 1.82) is 0 Å². The van der Waals surface area contributed by atoms with Crippen molar-refractivity contribution < 1.29 is 4.79 Å². The number of hydrogen-bond donors (Lipinski definition) is 1. The summed E-state index contributed by atoms with van der Waals surface area (Å²) in [6.45, 7) is 0. The molecule has 0 radical (unpaired) electrons. The summed E-state index contributed by atoms with van der Waals surface area (Å²) in [6, 6.07) is 25.6. The predicted octanol–water partition coefficient (Wildman–Crippen LogP) is 5.33. The Morgan fingerprint density at radius 3 is 2.26 bits per heavy atom. The maximum atomic E-state index is 12.7. The molecule has 2 nitrogen and oxygen atoms in total. The van der Waals surface area contributed by atoms with Gasteiger partial charge in [0.2, 0.25) is 0 Å². The molecule has 0 fully saturated rings. The molecule has 1 amide bonds. The van der Waals surface area contributed by atoms with Crippen LogP contribution in [-0.4, -0.2) is 12.2 Å². The van der Waals surface area contributed by atoms with Crippen LogP contribution in [0.5, 0.6) is 0 Å². The van der Waals surface area contributed by atoms with Crippen LogP contribution in [0, 0.1) is 0 Å². The number of hydrogen-bond acceptors (Lipinski definition) is 2. The van der Waals surface area contributed by atoms with E-state index in [1.54, 1.807) is 11.8 Å². The summed E-state index contributed by atoms with van der Waals surface area (Å²) in [5, 5.41) is 3.05. The smallest absolute Gasteiger partial charge is 0.256 e. The second kappa shape index (κ2) is 7.16. The number of carbonyl (C=O) groups excluding carboxylic acids is 1. The van der Waals surface area contributed by atoms with Crippen LogP contribution < -0.4 is 5.32 Å². The van der Waals surface area contributed by atoms with E-state index in [9.17, 15) is 4.79 Å². The van der Waals surface area contributed by atoms with Gasteiger partial charge in [0.15, 0.2) is 0 Å². The fourth-order valence-corrected chi connectivity index (χ4v) is 3.08. The summed E-state index contributed by atoms with van der Waals surface area (Å²) in [4.78, 5) is 13.6. The Balaban J connectivity index is 1.93. The van der Waals surface area contributed by atoms with E-state index >= 15 is 0 Å². The summed E-state index contributed by atoms with van der Waals surface area (Å²) >= 11 is 1.57. The molecule has 0 aliphatic heterocycles. The van der Waals surface area contributed by atoms with E-state index < -0.39 is 0 Å². The van der Waals surface area contributed by atoms with E-state index in [2.05, 4.69) is 5.32 Å². The lowest BCUT2D eigenvalue weighted by molar-refractivity contribution is 0.102. The standard InChI is InChI=1S/C20H17NOS/c1-23-19-14-8-6-12-17(19)20(22)21-18-13-7-5-11-16(18)15-9-3-2-4-10-15/h2-14H,1H3,(H,21,22). The normalized spacial score (nSPS) is 10.3. The zero-order chi connectivity index (χ0) is 16.1. The number of benzene rings is 3. The molecular formula is C20H17NOS. The topological polar surface area (TPSA) is 29.1 Å². The number of amides is 1. The molecule has 0 atom stereocenters. The van der Waals surface area contributed by atoms with E-state index in [0.29, 0.717) is 5.56 Å². The minimum absolute atomic E-state index is 0.0849. The molecule has 0 aliphatic rings. The van der Waals surface area contributed by atoms with Crippen LogP contribution in [0.15, 0.2) is 83.8 Å². The van der Waals surface area contributed by atoms with Gasteiger partial charge in [-0.05, 0) is 30.0 Å². The maximum absolute atomic E-state index is 12.7. The Kier molecular flexibility index (Phi) is 4.79. The molecule has 3 rings (SSSR count). The summed E-state index contributed by atoms with van der Waals surface area (Å²) in [5.41, 5.74) is 3.62. The number of thioether (sulfide) groups is 1. The van der Waals surface area contributed by atoms with Gasteiger partial charge < -0.3 is 5.32 Å². The molecule has 0 heterocycles. The second-order valence-electron chi connectivity index (χ2n) is 5.07. The van der Waals surface area contributed by atoms with Gasteiger partial charge in [0, 0.05) is 16.1 Å². The SMILES string of the molecule is CSc1ccccc1C(=O)Nc1ccccc1-c1ccccc1. The third-order valence-corrected chi connectivity index (χ3v) is 4.41. The Hall–Kier alpha value is -2.52. The first kappa shape index (κ1) is 15.4. The molecule has 23 heavy (non-hydrogen) atoms. The van der Waals surface area contributed by atoms with Crippen LogP contribution >= 0.6 is 11.8 Å². The molecule has 3 aromatic carbocycles. The number of para-hydroxylation sites is 1. The zero-order valence-electron chi connectivity index (χ0n) is 12.8. The second-order valence-corrected chi connectivity index (χ2v) is 5.91. The van der Waals surface area contributed by atoms with Crippen molar-refractivity contribution in [1.82, 2.24) is 0 Å². The van der Waals surface area contributed by atoms with Crippen molar-refractivity contribution in [2.24, 2.45) is 0 Å². The van der Waals surface area contributed by atoms with Gasteiger partial charge in [-0.1, -0.05) is 60.7 Å². The Morgan fingerprint density at radius 1 is 0.826 bits per heavy atom. The van der Waals surface area contributed by atoms with Gasteiger partial charge in [0.05, 0.1) is 5.56 Å². The van der Waals surface area contributed by atoms with Crippen LogP contribution in [0.4, 0.5) is 5.69 Å². The Bertz CT molecular complexity index is 815. The Morgan fingerprint density at radius 2 is 1.48 bits per heavy atom. The lowest BCUT2D eigenvalue weighted by Gasteiger charge is -2.12. The number of nitrogens with one attached hydrogen (secondary N) is 1. The van der Waals surface area contributed by atoms with E-state index in [0.717, 1.165) is 21.7 Å². The third kappa shape index (κ3) is 3.46. The molecule has 0 saturated carbocycles. The number of carbonyl (C=O) groups is 1. The lowest BCUT2D eigenvalue weighted by Crippen LogP contribution is -2.13. The minimum atomic E-state index is -0.0849. The van der Waals surface area contributed by atoms with E-state index in [1.807, 2.05) is 85.1 Å². The molecule has 0 unspecified atom stereocenters. The lowest BCUT2D eigenvalue weighted by atomic mass is 10.0. The molecule has 0 saturated heterocycles. The molecular weight excluding hydrogens is 302 g/mol. The summed E-state index contributed by atoms with van der Waals surface area (Å²) in [7, 11) is 0. The Labute approximate surface area is 140 Å². The first-order chi connectivity index (χ1) is 11.3. The highest BCUT2D eigenvalue weighted by atomic mass is 32.2. The van der Waals surface area contributed by atoms with Crippen LogP contribution in [-0.2, 0) is 0 Å². The molecule has 114 valence electrons.